The van der Waals surface area contributed by atoms with Crippen LogP contribution < -0.4 is 5.32 Å². The molecule has 0 radical (unpaired) electrons. The van der Waals surface area contributed by atoms with Gasteiger partial charge in [-0.3, -0.25) is 9.79 Å². The lowest BCUT2D eigenvalue weighted by Gasteiger charge is -2.20. The first-order chi connectivity index (χ1) is 10.5. The van der Waals surface area contributed by atoms with Gasteiger partial charge in [-0.15, -0.1) is 0 Å². The molecule has 1 saturated heterocycles. The number of carbonyl (C=O) groups is 1. The molecule has 2 aliphatic rings. The first-order valence-corrected chi connectivity index (χ1v) is 8.57. The first-order valence-electron chi connectivity index (χ1n) is 7.21. The molecular formula is C15H17ClFN3OS. The highest BCUT2D eigenvalue weighted by molar-refractivity contribution is 8.14. The maximum atomic E-state index is 13.7. The van der Waals surface area contributed by atoms with Crippen LogP contribution in [0.2, 0.25) is 5.02 Å². The van der Waals surface area contributed by atoms with E-state index in [1.807, 2.05) is 7.05 Å². The van der Waals surface area contributed by atoms with Crippen molar-refractivity contribution in [2.45, 2.75) is 31.3 Å². The zero-order valence-electron chi connectivity index (χ0n) is 12.2. The normalized spacial score (nSPS) is 23.1. The largest absolute Gasteiger partial charge is 0.350 e. The van der Waals surface area contributed by atoms with Gasteiger partial charge in [0.25, 0.3) is 0 Å². The molecule has 1 unspecified atom stereocenters. The van der Waals surface area contributed by atoms with E-state index in [-0.39, 0.29) is 17.6 Å². The number of carbonyl (C=O) groups excluding carboxylic acids is 1. The van der Waals surface area contributed by atoms with E-state index in [9.17, 15) is 9.18 Å². The van der Waals surface area contributed by atoms with Crippen molar-refractivity contribution in [3.05, 3.63) is 29.0 Å². The van der Waals surface area contributed by atoms with Crippen LogP contribution in [0.25, 0.3) is 0 Å². The molecule has 1 aliphatic heterocycles. The number of nitrogens with one attached hydrogen (secondary N) is 1. The summed E-state index contributed by atoms with van der Waals surface area (Å²) in [5.74, 6) is 0.107. The number of nitrogens with zero attached hydrogens (tertiary/aromatic N) is 2. The summed E-state index contributed by atoms with van der Waals surface area (Å²) in [5.41, 5.74) is 0.162. The van der Waals surface area contributed by atoms with Crippen molar-refractivity contribution in [1.29, 1.82) is 0 Å². The van der Waals surface area contributed by atoms with Crippen molar-refractivity contribution in [3.63, 3.8) is 0 Å². The van der Waals surface area contributed by atoms with Gasteiger partial charge in [0.2, 0.25) is 5.91 Å². The highest BCUT2D eigenvalue weighted by Gasteiger charge is 2.31. The zero-order valence-corrected chi connectivity index (χ0v) is 13.8. The molecule has 1 aliphatic carbocycles. The summed E-state index contributed by atoms with van der Waals surface area (Å²) in [4.78, 5) is 18.8. The van der Waals surface area contributed by atoms with Crippen LogP contribution >= 0.6 is 23.4 Å². The van der Waals surface area contributed by atoms with Crippen LogP contribution in [-0.2, 0) is 4.79 Å². The maximum Gasteiger partial charge on any atom is 0.226 e. The fourth-order valence-electron chi connectivity index (χ4n) is 2.23. The minimum atomic E-state index is -0.522. The molecule has 1 amide bonds. The predicted octanol–water partition coefficient (Wildman–Crippen LogP) is 3.37. The lowest BCUT2D eigenvalue weighted by atomic mass is 10.2. The molecule has 7 heteroatoms. The van der Waals surface area contributed by atoms with E-state index in [2.05, 4.69) is 15.2 Å². The third kappa shape index (κ3) is 3.73. The van der Waals surface area contributed by atoms with Gasteiger partial charge in [0.1, 0.15) is 5.82 Å². The predicted molar refractivity (Wildman–Crippen MR) is 89.1 cm³/mol. The Bertz CT molecular complexity index is 621. The van der Waals surface area contributed by atoms with E-state index in [0.717, 1.165) is 10.9 Å². The Hall–Kier alpha value is -1.27. The molecule has 1 atom stereocenters. The van der Waals surface area contributed by atoms with Gasteiger partial charge in [-0.25, -0.2) is 4.39 Å². The van der Waals surface area contributed by atoms with Gasteiger partial charge < -0.3 is 10.2 Å². The van der Waals surface area contributed by atoms with Crippen LogP contribution in [0.3, 0.4) is 0 Å². The van der Waals surface area contributed by atoms with Gasteiger partial charge >= 0.3 is 0 Å². The van der Waals surface area contributed by atoms with Gasteiger partial charge in [-0.2, -0.15) is 0 Å². The van der Waals surface area contributed by atoms with Gasteiger partial charge in [0.15, 0.2) is 5.17 Å². The van der Waals surface area contributed by atoms with Crippen LogP contribution in [0, 0.1) is 5.82 Å². The Morgan fingerprint density at radius 3 is 3.00 bits per heavy atom. The Labute approximate surface area is 138 Å². The minimum Gasteiger partial charge on any atom is -0.350 e. The van der Waals surface area contributed by atoms with Crippen molar-refractivity contribution < 1.29 is 9.18 Å². The van der Waals surface area contributed by atoms with Gasteiger partial charge in [0, 0.05) is 30.3 Å². The highest BCUT2D eigenvalue weighted by Crippen LogP contribution is 2.30. The summed E-state index contributed by atoms with van der Waals surface area (Å²) < 4.78 is 13.7. The number of rotatable bonds is 4. The summed E-state index contributed by atoms with van der Waals surface area (Å²) >= 11 is 7.38. The standard InChI is InChI=1S/C15H17ClFN3OS/c1-20-11(8-22-15(20)18-10-3-4-10)7-14(21)19-13-5-2-9(16)6-12(13)17/h2,5-6,10-11H,3-4,7-8H2,1H3,(H,19,21). The molecule has 1 N–H and O–H groups in total. The average molecular weight is 342 g/mol. The third-order valence-electron chi connectivity index (χ3n) is 3.72. The molecule has 1 saturated carbocycles. The second kappa shape index (κ2) is 6.46. The van der Waals surface area contributed by atoms with E-state index >= 15 is 0 Å². The number of thioether (sulfide) groups is 1. The number of benzene rings is 1. The molecule has 1 aromatic carbocycles. The van der Waals surface area contributed by atoms with E-state index in [0.29, 0.717) is 17.5 Å². The summed E-state index contributed by atoms with van der Waals surface area (Å²) in [7, 11) is 1.96. The zero-order chi connectivity index (χ0) is 15.7. The Morgan fingerprint density at radius 2 is 2.32 bits per heavy atom. The molecule has 0 spiro atoms. The molecule has 2 fully saturated rings. The van der Waals surface area contributed by atoms with Crippen molar-refractivity contribution in [1.82, 2.24) is 4.90 Å². The van der Waals surface area contributed by atoms with Crippen molar-refractivity contribution in [2.24, 2.45) is 4.99 Å². The summed E-state index contributed by atoms with van der Waals surface area (Å²) in [6.07, 6.45) is 2.65. The van der Waals surface area contributed by atoms with Crippen LogP contribution in [0.15, 0.2) is 23.2 Å². The average Bonchev–Trinajstić information content (AvgIpc) is 3.22. The molecule has 0 bridgehead atoms. The third-order valence-corrected chi connectivity index (χ3v) is 5.16. The molecule has 1 aromatic rings. The number of amidine groups is 1. The topological polar surface area (TPSA) is 44.7 Å². The van der Waals surface area contributed by atoms with Crippen molar-refractivity contribution >= 4 is 40.1 Å². The molecular weight excluding hydrogens is 325 g/mol. The molecule has 0 aromatic heterocycles. The van der Waals surface area contributed by atoms with E-state index in [1.165, 1.54) is 25.0 Å². The maximum absolute atomic E-state index is 13.7. The van der Waals surface area contributed by atoms with Gasteiger partial charge in [-0.05, 0) is 31.0 Å². The minimum absolute atomic E-state index is 0.0952. The van der Waals surface area contributed by atoms with Crippen molar-refractivity contribution in [2.75, 3.05) is 18.1 Å². The van der Waals surface area contributed by atoms with Crippen LogP contribution in [0.5, 0.6) is 0 Å². The SMILES string of the molecule is CN1C(=NC2CC2)SCC1CC(=O)Nc1ccc(Cl)cc1F. The lowest BCUT2D eigenvalue weighted by molar-refractivity contribution is -0.116. The summed E-state index contributed by atoms with van der Waals surface area (Å²) in [6, 6.07) is 4.79. The second-order valence-corrected chi connectivity index (χ2v) is 7.02. The Balaban J connectivity index is 1.57. The summed E-state index contributed by atoms with van der Waals surface area (Å²) in [5, 5.41) is 3.93. The van der Waals surface area contributed by atoms with E-state index in [1.54, 1.807) is 17.8 Å². The fourth-order valence-corrected chi connectivity index (χ4v) is 3.65. The smallest absolute Gasteiger partial charge is 0.226 e. The number of amides is 1. The fraction of sp³-hybridized carbons (Fsp3) is 0.467. The Kier molecular flexibility index (Phi) is 4.59. The number of aliphatic imine (C=N–C) groups is 1. The molecule has 118 valence electrons. The Morgan fingerprint density at radius 1 is 1.55 bits per heavy atom. The second-order valence-electron chi connectivity index (χ2n) is 5.60. The van der Waals surface area contributed by atoms with E-state index in [4.69, 9.17) is 11.6 Å². The van der Waals surface area contributed by atoms with E-state index < -0.39 is 5.82 Å². The molecule has 22 heavy (non-hydrogen) atoms. The van der Waals surface area contributed by atoms with Crippen LogP contribution in [-0.4, -0.2) is 40.9 Å². The molecule has 3 rings (SSSR count). The molecule has 4 nitrogen and oxygen atoms in total. The van der Waals surface area contributed by atoms with Crippen LogP contribution in [0.1, 0.15) is 19.3 Å². The number of anilines is 1. The number of halogens is 2. The van der Waals surface area contributed by atoms with Crippen LogP contribution in [0.4, 0.5) is 10.1 Å². The number of hydrogen-bond acceptors (Lipinski definition) is 3. The van der Waals surface area contributed by atoms with Gasteiger partial charge in [-0.1, -0.05) is 23.4 Å². The van der Waals surface area contributed by atoms with Gasteiger partial charge in [0.05, 0.1) is 11.7 Å². The monoisotopic (exact) mass is 341 g/mol. The molecule has 1 heterocycles. The summed E-state index contributed by atoms with van der Waals surface area (Å²) in [6.45, 7) is 0. The number of hydrogen-bond donors (Lipinski definition) is 1. The van der Waals surface area contributed by atoms with Crippen molar-refractivity contribution in [3.8, 4) is 0 Å². The first kappa shape index (κ1) is 15.6. The highest BCUT2D eigenvalue weighted by atomic mass is 35.5. The quantitative estimate of drug-likeness (QED) is 0.913. The lowest BCUT2D eigenvalue weighted by Crippen LogP contribution is -2.33.